The summed E-state index contributed by atoms with van der Waals surface area (Å²) in [4.78, 5) is 14.9. The summed E-state index contributed by atoms with van der Waals surface area (Å²) >= 11 is 0. The van der Waals surface area contributed by atoms with Crippen LogP contribution < -0.4 is 5.32 Å². The average molecular weight is 380 g/mol. The number of aryl methyl sites for hydroxylation is 2. The number of rotatable bonds is 8. The maximum atomic E-state index is 12.6. The summed E-state index contributed by atoms with van der Waals surface area (Å²) in [5, 5.41) is 7.09. The molecule has 6 heteroatoms. The molecule has 0 saturated heterocycles. The fourth-order valence-corrected chi connectivity index (χ4v) is 3.42. The van der Waals surface area contributed by atoms with Crippen LogP contribution >= 0.6 is 0 Å². The lowest BCUT2D eigenvalue weighted by Gasteiger charge is -2.16. The minimum Gasteiger partial charge on any atom is -0.360 e. The van der Waals surface area contributed by atoms with Crippen LogP contribution in [0.2, 0.25) is 0 Å². The van der Waals surface area contributed by atoms with Gasteiger partial charge in [0.15, 0.2) is 5.82 Å². The van der Waals surface area contributed by atoms with Gasteiger partial charge in [-0.25, -0.2) is 0 Å². The van der Waals surface area contributed by atoms with Crippen LogP contribution in [0.5, 0.6) is 0 Å². The van der Waals surface area contributed by atoms with Gasteiger partial charge >= 0.3 is 0 Å². The van der Waals surface area contributed by atoms with Crippen molar-refractivity contribution in [3.05, 3.63) is 70.7 Å². The molecule has 3 aromatic rings. The number of carbonyl (C=O) groups is 1. The summed E-state index contributed by atoms with van der Waals surface area (Å²) in [5.74, 6) is 1.40. The Morgan fingerprint density at radius 3 is 2.61 bits per heavy atom. The first-order chi connectivity index (χ1) is 13.5. The van der Waals surface area contributed by atoms with E-state index in [1.165, 1.54) is 5.56 Å². The molecule has 0 radical (unpaired) electrons. The zero-order valence-electron chi connectivity index (χ0n) is 17.0. The van der Waals surface area contributed by atoms with Gasteiger partial charge in [-0.15, -0.1) is 0 Å². The molecule has 2 heterocycles. The summed E-state index contributed by atoms with van der Waals surface area (Å²) in [6.45, 7) is 8.23. The molecular formula is C22H28N4O2. The Balaban J connectivity index is 1.51. The van der Waals surface area contributed by atoms with Crippen LogP contribution in [-0.4, -0.2) is 40.7 Å². The third kappa shape index (κ3) is 4.70. The van der Waals surface area contributed by atoms with Crippen LogP contribution in [-0.2, 0) is 6.54 Å². The number of aromatic nitrogens is 2. The third-order valence-corrected chi connectivity index (χ3v) is 4.82. The predicted molar refractivity (Wildman–Crippen MR) is 110 cm³/mol. The first kappa shape index (κ1) is 19.9. The van der Waals surface area contributed by atoms with Crippen LogP contribution in [0.1, 0.15) is 39.5 Å². The molecule has 0 aliphatic heterocycles. The highest BCUT2D eigenvalue weighted by atomic mass is 16.5. The van der Waals surface area contributed by atoms with E-state index in [9.17, 15) is 4.79 Å². The van der Waals surface area contributed by atoms with Crippen molar-refractivity contribution in [3.63, 3.8) is 0 Å². The van der Waals surface area contributed by atoms with Gasteiger partial charge in [0.2, 0.25) is 0 Å². The highest BCUT2D eigenvalue weighted by Crippen LogP contribution is 2.20. The number of benzene rings is 1. The molecule has 3 rings (SSSR count). The molecule has 0 atom stereocenters. The highest BCUT2D eigenvalue weighted by molar-refractivity contribution is 5.95. The molecule has 1 aromatic carbocycles. The van der Waals surface area contributed by atoms with Crippen molar-refractivity contribution in [2.45, 2.75) is 33.7 Å². The Kier molecular flexibility index (Phi) is 6.31. The first-order valence-corrected chi connectivity index (χ1v) is 9.59. The number of amides is 1. The lowest BCUT2D eigenvalue weighted by atomic mass is 10.2. The molecule has 0 fully saturated rings. The van der Waals surface area contributed by atoms with E-state index < -0.39 is 0 Å². The van der Waals surface area contributed by atoms with Crippen molar-refractivity contribution < 1.29 is 9.32 Å². The summed E-state index contributed by atoms with van der Waals surface area (Å²) in [5.41, 5.74) is 3.79. The van der Waals surface area contributed by atoms with E-state index in [1.807, 2.05) is 43.5 Å². The molecule has 0 bridgehead atoms. The first-order valence-electron chi connectivity index (χ1n) is 9.59. The van der Waals surface area contributed by atoms with Crippen molar-refractivity contribution in [2.24, 2.45) is 0 Å². The Morgan fingerprint density at radius 1 is 1.18 bits per heavy atom. The van der Waals surface area contributed by atoms with E-state index in [4.69, 9.17) is 4.52 Å². The number of hydrogen-bond donors (Lipinski definition) is 1. The molecule has 0 saturated carbocycles. The van der Waals surface area contributed by atoms with E-state index >= 15 is 0 Å². The van der Waals surface area contributed by atoms with Gasteiger partial charge in [-0.1, -0.05) is 35.5 Å². The lowest BCUT2D eigenvalue weighted by molar-refractivity contribution is 0.0951. The molecule has 148 valence electrons. The van der Waals surface area contributed by atoms with Gasteiger partial charge in [0.25, 0.3) is 5.91 Å². The molecule has 1 amide bonds. The van der Waals surface area contributed by atoms with Crippen molar-refractivity contribution >= 4 is 5.91 Å². The topological polar surface area (TPSA) is 63.3 Å². The second-order valence-corrected chi connectivity index (χ2v) is 7.25. The molecule has 0 aliphatic carbocycles. The molecule has 0 unspecified atom stereocenters. The SMILES string of the molecule is Cc1cc(-n2c(C)cc(C(=O)NCCCN(C)Cc3ccccc3)c2C)no1. The van der Waals surface area contributed by atoms with Crippen LogP contribution in [0, 0.1) is 20.8 Å². The maximum Gasteiger partial charge on any atom is 0.253 e. The van der Waals surface area contributed by atoms with Gasteiger partial charge in [-0.2, -0.15) is 0 Å². The smallest absolute Gasteiger partial charge is 0.253 e. The van der Waals surface area contributed by atoms with Crippen molar-refractivity contribution in [1.82, 2.24) is 19.9 Å². The summed E-state index contributed by atoms with van der Waals surface area (Å²) in [7, 11) is 2.10. The van der Waals surface area contributed by atoms with Crippen molar-refractivity contribution in [1.29, 1.82) is 0 Å². The largest absolute Gasteiger partial charge is 0.360 e. The summed E-state index contributed by atoms with van der Waals surface area (Å²) < 4.78 is 7.11. The Labute approximate surface area is 166 Å². The third-order valence-electron chi connectivity index (χ3n) is 4.82. The van der Waals surface area contributed by atoms with Gasteiger partial charge in [-0.05, 0) is 52.4 Å². The molecule has 0 aliphatic rings. The average Bonchev–Trinajstić information content (AvgIpc) is 3.22. The summed E-state index contributed by atoms with van der Waals surface area (Å²) in [6.07, 6.45) is 0.899. The Morgan fingerprint density at radius 2 is 1.93 bits per heavy atom. The molecule has 6 nitrogen and oxygen atoms in total. The zero-order chi connectivity index (χ0) is 20.1. The zero-order valence-corrected chi connectivity index (χ0v) is 17.0. The molecule has 2 aromatic heterocycles. The van der Waals surface area contributed by atoms with Crippen molar-refractivity contribution in [2.75, 3.05) is 20.1 Å². The second-order valence-electron chi connectivity index (χ2n) is 7.25. The van der Waals surface area contributed by atoms with Crippen molar-refractivity contribution in [3.8, 4) is 5.82 Å². The molecule has 0 spiro atoms. The highest BCUT2D eigenvalue weighted by Gasteiger charge is 2.18. The fourth-order valence-electron chi connectivity index (χ4n) is 3.42. The fraction of sp³-hybridized carbons (Fsp3) is 0.364. The maximum absolute atomic E-state index is 12.6. The standard InChI is InChI=1S/C22H28N4O2/c1-16-13-20(18(3)26(16)21-14-17(2)28-24-21)22(27)23-11-8-12-25(4)15-19-9-6-5-7-10-19/h5-7,9-10,13-14H,8,11-12,15H2,1-4H3,(H,23,27). The monoisotopic (exact) mass is 380 g/mol. The lowest BCUT2D eigenvalue weighted by Crippen LogP contribution is -2.28. The predicted octanol–water partition coefficient (Wildman–Crippen LogP) is 3.64. The van der Waals surface area contributed by atoms with Gasteiger partial charge in [0.1, 0.15) is 5.76 Å². The number of hydrogen-bond acceptors (Lipinski definition) is 4. The minimum atomic E-state index is -0.0507. The molecule has 28 heavy (non-hydrogen) atoms. The van der Waals surface area contributed by atoms with Gasteiger partial charge in [0.05, 0.1) is 5.56 Å². The van der Waals surface area contributed by atoms with E-state index in [0.29, 0.717) is 17.9 Å². The molecule has 1 N–H and O–H groups in total. The normalized spacial score (nSPS) is 11.2. The van der Waals surface area contributed by atoms with Crippen LogP contribution in [0.15, 0.2) is 47.0 Å². The summed E-state index contributed by atoms with van der Waals surface area (Å²) in [6, 6.07) is 14.2. The van der Waals surface area contributed by atoms with E-state index in [1.54, 1.807) is 0 Å². The van der Waals surface area contributed by atoms with E-state index in [-0.39, 0.29) is 5.91 Å². The van der Waals surface area contributed by atoms with E-state index in [2.05, 4.69) is 46.7 Å². The van der Waals surface area contributed by atoms with Gasteiger partial charge in [-0.3, -0.25) is 9.36 Å². The van der Waals surface area contributed by atoms with Gasteiger partial charge in [0, 0.05) is 30.5 Å². The number of nitrogens with one attached hydrogen (secondary N) is 1. The Bertz CT molecular complexity index is 927. The Hall–Kier alpha value is -2.86. The van der Waals surface area contributed by atoms with Crippen LogP contribution in [0.25, 0.3) is 5.82 Å². The van der Waals surface area contributed by atoms with Crippen LogP contribution in [0.4, 0.5) is 0 Å². The molecular weight excluding hydrogens is 352 g/mol. The minimum absolute atomic E-state index is 0.0507. The van der Waals surface area contributed by atoms with Crippen LogP contribution in [0.3, 0.4) is 0 Å². The second kappa shape index (κ2) is 8.89. The quantitative estimate of drug-likeness (QED) is 0.606. The number of carbonyl (C=O) groups excluding carboxylic acids is 1. The van der Waals surface area contributed by atoms with Gasteiger partial charge < -0.3 is 14.7 Å². The van der Waals surface area contributed by atoms with E-state index in [0.717, 1.165) is 36.7 Å². The number of nitrogens with zero attached hydrogens (tertiary/aromatic N) is 3.